The molecule has 3 nitrogen and oxygen atoms in total. The molecule has 2 rings (SSSR count). The zero-order chi connectivity index (χ0) is 14.7. The molecule has 3 heteroatoms. The van der Waals surface area contributed by atoms with Gasteiger partial charge in [0.15, 0.2) is 5.82 Å². The van der Waals surface area contributed by atoms with Crippen LogP contribution in [0.1, 0.15) is 42.3 Å². The molecule has 0 bridgehead atoms. The molecule has 2 aromatic rings. The Balaban J connectivity index is 2.38. The predicted octanol–water partition coefficient (Wildman–Crippen LogP) is 3.39. The Kier molecular flexibility index (Phi) is 4.50. The molecule has 0 radical (unpaired) electrons. The van der Waals surface area contributed by atoms with Crippen molar-refractivity contribution in [2.24, 2.45) is 5.73 Å². The fourth-order valence-electron chi connectivity index (χ4n) is 2.39. The Morgan fingerprint density at radius 1 is 1.00 bits per heavy atom. The fourth-order valence-corrected chi connectivity index (χ4v) is 2.39. The lowest BCUT2D eigenvalue weighted by atomic mass is 10.0. The number of aryl methyl sites for hydroxylation is 2. The van der Waals surface area contributed by atoms with Crippen LogP contribution in [-0.4, -0.2) is 16.5 Å². The number of hydrogen-bond donors (Lipinski definition) is 1. The van der Waals surface area contributed by atoms with Gasteiger partial charge in [-0.05, 0) is 43.9 Å². The molecule has 0 aliphatic carbocycles. The predicted molar refractivity (Wildman–Crippen MR) is 83.8 cm³/mol. The third-order valence-electron chi connectivity index (χ3n) is 3.65. The molecular formula is C17H23N3. The lowest BCUT2D eigenvalue weighted by Gasteiger charge is -2.11. The van der Waals surface area contributed by atoms with Crippen LogP contribution in [0, 0.1) is 13.8 Å². The van der Waals surface area contributed by atoms with Gasteiger partial charge in [0, 0.05) is 17.0 Å². The van der Waals surface area contributed by atoms with E-state index in [1.165, 1.54) is 11.1 Å². The van der Waals surface area contributed by atoms with Crippen LogP contribution in [0.4, 0.5) is 0 Å². The standard InChI is InChI=1S/C17H23N3/c1-11(2)14-5-7-15(8-6-14)17-19-12(3)16(9-10-18)13(4)20-17/h5-8,11H,9-10,18H2,1-4H3. The maximum atomic E-state index is 5.64. The van der Waals surface area contributed by atoms with E-state index in [9.17, 15) is 0 Å². The topological polar surface area (TPSA) is 51.8 Å². The number of nitrogens with zero attached hydrogens (tertiary/aromatic N) is 2. The Hall–Kier alpha value is -1.74. The number of benzene rings is 1. The van der Waals surface area contributed by atoms with Crippen molar-refractivity contribution in [2.45, 2.75) is 40.0 Å². The molecule has 106 valence electrons. The van der Waals surface area contributed by atoms with Crippen LogP contribution in [0.2, 0.25) is 0 Å². The Morgan fingerprint density at radius 2 is 1.55 bits per heavy atom. The van der Waals surface area contributed by atoms with Gasteiger partial charge in [-0.1, -0.05) is 38.1 Å². The zero-order valence-corrected chi connectivity index (χ0v) is 12.8. The molecule has 0 spiro atoms. The zero-order valence-electron chi connectivity index (χ0n) is 12.8. The van der Waals surface area contributed by atoms with Gasteiger partial charge < -0.3 is 5.73 Å². The average molecular weight is 269 g/mol. The van der Waals surface area contributed by atoms with Gasteiger partial charge in [-0.2, -0.15) is 0 Å². The molecule has 0 unspecified atom stereocenters. The molecule has 2 N–H and O–H groups in total. The third kappa shape index (κ3) is 3.05. The van der Waals surface area contributed by atoms with Crippen LogP contribution in [0.3, 0.4) is 0 Å². The molecule has 0 atom stereocenters. The summed E-state index contributed by atoms with van der Waals surface area (Å²) in [5.74, 6) is 1.34. The molecule has 1 aromatic heterocycles. The van der Waals surface area contributed by atoms with Gasteiger partial charge in [-0.25, -0.2) is 9.97 Å². The fraction of sp³-hybridized carbons (Fsp3) is 0.412. The highest BCUT2D eigenvalue weighted by Gasteiger charge is 2.09. The maximum absolute atomic E-state index is 5.64. The average Bonchev–Trinajstić information content (AvgIpc) is 2.42. The van der Waals surface area contributed by atoms with E-state index >= 15 is 0 Å². The van der Waals surface area contributed by atoms with Gasteiger partial charge >= 0.3 is 0 Å². The van der Waals surface area contributed by atoms with Crippen molar-refractivity contribution in [1.29, 1.82) is 0 Å². The lowest BCUT2D eigenvalue weighted by molar-refractivity contribution is 0.866. The van der Waals surface area contributed by atoms with Gasteiger partial charge in [0.25, 0.3) is 0 Å². The summed E-state index contributed by atoms with van der Waals surface area (Å²) in [6.45, 7) is 9.09. The molecule has 0 saturated heterocycles. The second-order valence-corrected chi connectivity index (χ2v) is 5.51. The maximum Gasteiger partial charge on any atom is 0.159 e. The van der Waals surface area contributed by atoms with Crippen LogP contribution in [0.5, 0.6) is 0 Å². The SMILES string of the molecule is Cc1nc(-c2ccc(C(C)C)cc2)nc(C)c1CCN. The van der Waals surface area contributed by atoms with Crippen molar-refractivity contribution in [2.75, 3.05) is 6.54 Å². The van der Waals surface area contributed by atoms with E-state index in [-0.39, 0.29) is 0 Å². The molecule has 1 aromatic carbocycles. The van der Waals surface area contributed by atoms with Gasteiger partial charge in [-0.3, -0.25) is 0 Å². The summed E-state index contributed by atoms with van der Waals surface area (Å²) in [6, 6.07) is 8.52. The van der Waals surface area contributed by atoms with E-state index in [4.69, 9.17) is 5.73 Å². The Labute approximate surface area is 121 Å². The van der Waals surface area contributed by atoms with Crippen molar-refractivity contribution >= 4 is 0 Å². The van der Waals surface area contributed by atoms with Gasteiger partial charge in [0.05, 0.1) is 0 Å². The lowest BCUT2D eigenvalue weighted by Crippen LogP contribution is -2.09. The first-order valence-electron chi connectivity index (χ1n) is 7.17. The summed E-state index contributed by atoms with van der Waals surface area (Å²) in [4.78, 5) is 9.26. The highest BCUT2D eigenvalue weighted by Crippen LogP contribution is 2.22. The Bertz CT molecular complexity index is 563. The number of rotatable bonds is 4. The minimum Gasteiger partial charge on any atom is -0.330 e. The number of aromatic nitrogens is 2. The third-order valence-corrected chi connectivity index (χ3v) is 3.65. The van der Waals surface area contributed by atoms with Crippen molar-refractivity contribution in [1.82, 2.24) is 9.97 Å². The van der Waals surface area contributed by atoms with Crippen molar-refractivity contribution in [3.8, 4) is 11.4 Å². The van der Waals surface area contributed by atoms with Crippen LogP contribution in [-0.2, 0) is 6.42 Å². The number of nitrogens with two attached hydrogens (primary N) is 1. The molecule has 20 heavy (non-hydrogen) atoms. The van der Waals surface area contributed by atoms with Gasteiger partial charge in [0.1, 0.15) is 0 Å². The second-order valence-electron chi connectivity index (χ2n) is 5.51. The molecule has 0 aliphatic heterocycles. The van der Waals surface area contributed by atoms with E-state index < -0.39 is 0 Å². The number of hydrogen-bond acceptors (Lipinski definition) is 3. The van der Waals surface area contributed by atoms with E-state index in [0.717, 1.165) is 29.2 Å². The summed E-state index contributed by atoms with van der Waals surface area (Å²) in [5, 5.41) is 0. The van der Waals surface area contributed by atoms with Crippen molar-refractivity contribution < 1.29 is 0 Å². The summed E-state index contributed by atoms with van der Waals surface area (Å²) < 4.78 is 0. The van der Waals surface area contributed by atoms with Crippen LogP contribution in [0.15, 0.2) is 24.3 Å². The van der Waals surface area contributed by atoms with Crippen molar-refractivity contribution in [3.05, 3.63) is 46.8 Å². The summed E-state index contributed by atoms with van der Waals surface area (Å²) in [6.07, 6.45) is 0.838. The molecule has 0 amide bonds. The molecular weight excluding hydrogens is 246 g/mol. The molecule has 0 aliphatic rings. The van der Waals surface area contributed by atoms with Gasteiger partial charge in [-0.15, -0.1) is 0 Å². The highest BCUT2D eigenvalue weighted by molar-refractivity contribution is 5.56. The van der Waals surface area contributed by atoms with Gasteiger partial charge in [0.2, 0.25) is 0 Å². The summed E-state index contributed by atoms with van der Waals surface area (Å²) in [5.41, 5.74) is 11.3. The van der Waals surface area contributed by atoms with Crippen LogP contribution >= 0.6 is 0 Å². The largest absolute Gasteiger partial charge is 0.330 e. The monoisotopic (exact) mass is 269 g/mol. The first kappa shape index (κ1) is 14.7. The smallest absolute Gasteiger partial charge is 0.159 e. The van der Waals surface area contributed by atoms with E-state index in [1.54, 1.807) is 0 Å². The first-order valence-corrected chi connectivity index (χ1v) is 7.17. The van der Waals surface area contributed by atoms with E-state index in [0.29, 0.717) is 12.5 Å². The molecule has 0 fully saturated rings. The van der Waals surface area contributed by atoms with Crippen LogP contribution < -0.4 is 5.73 Å². The molecule has 1 heterocycles. The van der Waals surface area contributed by atoms with Crippen LogP contribution in [0.25, 0.3) is 11.4 Å². The Morgan fingerprint density at radius 3 is 2.00 bits per heavy atom. The summed E-state index contributed by atoms with van der Waals surface area (Å²) >= 11 is 0. The highest BCUT2D eigenvalue weighted by atomic mass is 14.9. The minimum absolute atomic E-state index is 0.542. The quantitative estimate of drug-likeness (QED) is 0.925. The molecule has 0 saturated carbocycles. The summed E-state index contributed by atoms with van der Waals surface area (Å²) in [7, 11) is 0. The first-order chi connectivity index (χ1) is 9.52. The van der Waals surface area contributed by atoms with E-state index in [1.807, 2.05) is 13.8 Å². The minimum atomic E-state index is 0.542. The second kappa shape index (κ2) is 6.14. The normalized spacial score (nSPS) is 11.1. The van der Waals surface area contributed by atoms with E-state index in [2.05, 4.69) is 48.1 Å². The van der Waals surface area contributed by atoms with Crippen molar-refractivity contribution in [3.63, 3.8) is 0 Å².